The van der Waals surface area contributed by atoms with Gasteiger partial charge in [-0.2, -0.15) is 4.98 Å². The Bertz CT molecular complexity index is 1140. The molecule has 0 aliphatic carbocycles. The molecule has 1 aromatic carbocycles. The van der Waals surface area contributed by atoms with Crippen LogP contribution in [-0.2, 0) is 22.4 Å². The third kappa shape index (κ3) is 4.12. The molecule has 0 aliphatic rings. The molecule has 3 aromatic heterocycles. The van der Waals surface area contributed by atoms with E-state index in [1.807, 2.05) is 35.7 Å². The number of hydrogen-bond donors (Lipinski definition) is 1. The second-order valence-corrected chi connectivity index (χ2v) is 7.42. The fourth-order valence-electron chi connectivity index (χ4n) is 3.11. The molecule has 0 atom stereocenters. The molecule has 0 saturated carbocycles. The Morgan fingerprint density at radius 1 is 1.24 bits per heavy atom. The molecular formula is C21H19N3O4S. The van der Waals surface area contributed by atoms with Gasteiger partial charge in [0.2, 0.25) is 17.5 Å². The summed E-state index contributed by atoms with van der Waals surface area (Å²) in [5, 5.41) is 6.67. The van der Waals surface area contributed by atoms with Gasteiger partial charge in [0.1, 0.15) is 0 Å². The molecule has 0 fully saturated rings. The number of H-pyrrole nitrogens is 1. The molecule has 7 nitrogen and oxygen atoms in total. The van der Waals surface area contributed by atoms with Crippen molar-refractivity contribution in [1.82, 2.24) is 15.1 Å². The highest BCUT2D eigenvalue weighted by Crippen LogP contribution is 2.23. The molecule has 1 N–H and O–H groups in total. The largest absolute Gasteiger partial charge is 0.457 e. The number of hydrogen-bond acceptors (Lipinski definition) is 7. The second kappa shape index (κ2) is 8.40. The van der Waals surface area contributed by atoms with Gasteiger partial charge in [0, 0.05) is 29.1 Å². The van der Waals surface area contributed by atoms with Gasteiger partial charge in [-0.15, -0.1) is 11.3 Å². The first-order chi connectivity index (χ1) is 14.2. The standard InChI is InChI=1S/C21H19N3O4S/c1-2-13-5-3-6-14-15(11-22-20(13)14)16(25)12-27-19(26)9-8-18-23-21(24-28-18)17-7-4-10-29-17/h3-7,10-11,22H,2,8-9,12H2,1H3. The summed E-state index contributed by atoms with van der Waals surface area (Å²) in [6.07, 6.45) is 2.86. The van der Waals surface area contributed by atoms with Gasteiger partial charge < -0.3 is 14.2 Å². The summed E-state index contributed by atoms with van der Waals surface area (Å²) in [6, 6.07) is 9.64. The van der Waals surface area contributed by atoms with E-state index in [1.54, 1.807) is 6.20 Å². The summed E-state index contributed by atoms with van der Waals surface area (Å²) in [6.45, 7) is 1.76. The third-order valence-electron chi connectivity index (χ3n) is 4.60. The van der Waals surface area contributed by atoms with Crippen LogP contribution in [0.4, 0.5) is 0 Å². The molecular weight excluding hydrogens is 390 g/mol. The molecule has 0 saturated heterocycles. The number of rotatable bonds is 8. The van der Waals surface area contributed by atoms with Gasteiger partial charge in [-0.1, -0.05) is 36.3 Å². The van der Waals surface area contributed by atoms with Crippen molar-refractivity contribution in [2.24, 2.45) is 0 Å². The first kappa shape index (κ1) is 19.1. The summed E-state index contributed by atoms with van der Waals surface area (Å²) in [7, 11) is 0. The number of thiophene rings is 1. The van der Waals surface area contributed by atoms with Crippen LogP contribution in [0.15, 0.2) is 46.4 Å². The van der Waals surface area contributed by atoms with E-state index in [9.17, 15) is 9.59 Å². The van der Waals surface area contributed by atoms with Crippen molar-refractivity contribution in [3.63, 3.8) is 0 Å². The van der Waals surface area contributed by atoms with Crippen LogP contribution < -0.4 is 0 Å². The SMILES string of the molecule is CCc1cccc2c(C(=O)COC(=O)CCc3nc(-c4cccs4)no3)c[nH]c12. The molecule has 3 heterocycles. The van der Waals surface area contributed by atoms with Gasteiger partial charge >= 0.3 is 5.97 Å². The summed E-state index contributed by atoms with van der Waals surface area (Å²) in [5.74, 6) is 0.142. The van der Waals surface area contributed by atoms with Crippen LogP contribution in [0.25, 0.3) is 21.6 Å². The first-order valence-electron chi connectivity index (χ1n) is 9.30. The lowest BCUT2D eigenvalue weighted by molar-refractivity contribution is -0.142. The Morgan fingerprint density at radius 3 is 2.93 bits per heavy atom. The maximum absolute atomic E-state index is 12.5. The molecule has 0 radical (unpaired) electrons. The van der Waals surface area contributed by atoms with Crippen LogP contribution in [0.2, 0.25) is 0 Å². The fourth-order valence-corrected chi connectivity index (χ4v) is 3.76. The Hall–Kier alpha value is -3.26. The molecule has 4 aromatic rings. The number of carbonyl (C=O) groups is 2. The monoisotopic (exact) mass is 409 g/mol. The summed E-state index contributed by atoms with van der Waals surface area (Å²) >= 11 is 1.51. The van der Waals surface area contributed by atoms with E-state index in [0.717, 1.165) is 27.8 Å². The zero-order chi connectivity index (χ0) is 20.2. The van der Waals surface area contributed by atoms with Gasteiger partial charge in [-0.3, -0.25) is 9.59 Å². The summed E-state index contributed by atoms with van der Waals surface area (Å²) < 4.78 is 10.3. The van der Waals surface area contributed by atoms with E-state index in [-0.39, 0.29) is 25.2 Å². The van der Waals surface area contributed by atoms with Crippen LogP contribution in [0.1, 0.15) is 35.2 Å². The Kier molecular flexibility index (Phi) is 5.53. The molecule has 29 heavy (non-hydrogen) atoms. The summed E-state index contributed by atoms with van der Waals surface area (Å²) in [4.78, 5) is 32.8. The molecule has 0 unspecified atom stereocenters. The normalized spacial score (nSPS) is 11.1. The Labute approximate surface area is 170 Å². The number of benzene rings is 1. The van der Waals surface area contributed by atoms with Gasteiger partial charge in [0.05, 0.1) is 11.3 Å². The van der Waals surface area contributed by atoms with Crippen LogP contribution in [-0.4, -0.2) is 33.5 Å². The van der Waals surface area contributed by atoms with Crippen LogP contribution in [0, 0.1) is 0 Å². The number of aromatic nitrogens is 3. The Balaban J connectivity index is 1.31. The highest BCUT2D eigenvalue weighted by Gasteiger charge is 2.16. The zero-order valence-electron chi connectivity index (χ0n) is 15.8. The van der Waals surface area contributed by atoms with Gasteiger partial charge in [0.25, 0.3) is 0 Å². The minimum absolute atomic E-state index is 0.0627. The maximum atomic E-state index is 12.5. The molecule has 8 heteroatoms. The molecule has 0 bridgehead atoms. The van der Waals surface area contributed by atoms with E-state index in [0.29, 0.717) is 17.3 Å². The van der Waals surface area contributed by atoms with E-state index in [4.69, 9.17) is 9.26 Å². The lowest BCUT2D eigenvalue weighted by Gasteiger charge is -2.03. The topological polar surface area (TPSA) is 98.1 Å². The van der Waals surface area contributed by atoms with Gasteiger partial charge in [-0.05, 0) is 23.4 Å². The van der Waals surface area contributed by atoms with Crippen molar-refractivity contribution in [3.8, 4) is 10.7 Å². The Morgan fingerprint density at radius 2 is 2.14 bits per heavy atom. The molecule has 148 valence electrons. The average molecular weight is 409 g/mol. The van der Waals surface area contributed by atoms with Crippen molar-refractivity contribution in [2.45, 2.75) is 26.2 Å². The number of carbonyl (C=O) groups excluding carboxylic acids is 2. The van der Waals surface area contributed by atoms with Crippen molar-refractivity contribution in [3.05, 3.63) is 58.9 Å². The number of Topliss-reactive ketones (excluding diaryl/α,β-unsaturated/α-hetero) is 1. The predicted molar refractivity (Wildman–Crippen MR) is 109 cm³/mol. The van der Waals surface area contributed by atoms with Crippen molar-refractivity contribution in [2.75, 3.05) is 6.61 Å². The fraction of sp³-hybridized carbons (Fsp3) is 0.238. The van der Waals surface area contributed by atoms with E-state index in [2.05, 4.69) is 22.0 Å². The van der Waals surface area contributed by atoms with E-state index < -0.39 is 5.97 Å². The number of ketones is 1. The maximum Gasteiger partial charge on any atom is 0.306 e. The summed E-state index contributed by atoms with van der Waals surface area (Å²) in [5.41, 5.74) is 2.61. The first-order valence-corrected chi connectivity index (χ1v) is 10.2. The van der Waals surface area contributed by atoms with Gasteiger partial charge in [0.15, 0.2) is 6.61 Å². The number of nitrogens with one attached hydrogen (secondary N) is 1. The van der Waals surface area contributed by atoms with Gasteiger partial charge in [-0.25, -0.2) is 0 Å². The van der Waals surface area contributed by atoms with E-state index in [1.165, 1.54) is 11.3 Å². The van der Waals surface area contributed by atoms with Crippen LogP contribution >= 0.6 is 11.3 Å². The molecule has 4 rings (SSSR count). The molecule has 0 spiro atoms. The number of aromatic amines is 1. The number of esters is 1. The zero-order valence-corrected chi connectivity index (χ0v) is 16.6. The molecule has 0 aliphatic heterocycles. The number of para-hydroxylation sites is 1. The quantitative estimate of drug-likeness (QED) is 0.346. The van der Waals surface area contributed by atoms with Crippen LogP contribution in [0.5, 0.6) is 0 Å². The predicted octanol–water partition coefficient (Wildman–Crippen LogP) is 4.20. The highest BCUT2D eigenvalue weighted by atomic mass is 32.1. The second-order valence-electron chi connectivity index (χ2n) is 6.47. The van der Waals surface area contributed by atoms with Crippen molar-refractivity contribution >= 4 is 34.0 Å². The van der Waals surface area contributed by atoms with E-state index >= 15 is 0 Å². The number of aryl methyl sites for hydroxylation is 2. The number of nitrogens with zero attached hydrogens (tertiary/aromatic N) is 2. The lowest BCUT2D eigenvalue weighted by atomic mass is 10.1. The smallest absolute Gasteiger partial charge is 0.306 e. The lowest BCUT2D eigenvalue weighted by Crippen LogP contribution is -2.14. The molecule has 0 amide bonds. The number of ether oxygens (including phenoxy) is 1. The third-order valence-corrected chi connectivity index (χ3v) is 5.47. The average Bonchev–Trinajstić information content (AvgIpc) is 3.49. The van der Waals surface area contributed by atoms with Crippen molar-refractivity contribution in [1.29, 1.82) is 0 Å². The van der Waals surface area contributed by atoms with Crippen LogP contribution in [0.3, 0.4) is 0 Å². The van der Waals surface area contributed by atoms with Crippen molar-refractivity contribution < 1.29 is 18.8 Å². The minimum Gasteiger partial charge on any atom is -0.457 e. The number of fused-ring (bicyclic) bond motifs is 1. The highest BCUT2D eigenvalue weighted by molar-refractivity contribution is 7.13. The minimum atomic E-state index is -0.483.